The highest BCUT2D eigenvalue weighted by molar-refractivity contribution is 6.33. The van der Waals surface area contributed by atoms with E-state index < -0.39 is 35.7 Å². The fraction of sp³-hybridized carbons (Fsp3) is 0.312. The number of carbonyl (C=O) groups excluding carboxylic acids is 2. The molecule has 5 heterocycles. The second kappa shape index (κ2) is 12.8. The SMILES string of the molecule is CCc1c(N2CCN(C(=O)c3nocc3O)CC2)c(=O)n2nc(-c3ccc4c(c3)COC4)nc2n1CC(=O)Nc1ccc(C(F)(F)F)cc1Cl. The van der Waals surface area contributed by atoms with Crippen molar-refractivity contribution < 1.29 is 37.1 Å². The number of amides is 2. The van der Waals surface area contributed by atoms with Crippen molar-refractivity contribution in [2.24, 2.45) is 0 Å². The van der Waals surface area contributed by atoms with E-state index in [2.05, 4.69) is 25.1 Å². The van der Waals surface area contributed by atoms with E-state index in [4.69, 9.17) is 16.3 Å². The molecule has 18 heteroatoms. The summed E-state index contributed by atoms with van der Waals surface area (Å²) in [7, 11) is 0. The number of anilines is 2. The molecule has 1 fully saturated rings. The van der Waals surface area contributed by atoms with E-state index in [9.17, 15) is 32.7 Å². The maximum atomic E-state index is 14.2. The van der Waals surface area contributed by atoms with E-state index in [0.29, 0.717) is 24.5 Å². The van der Waals surface area contributed by atoms with Gasteiger partial charge in [-0.3, -0.25) is 14.4 Å². The van der Waals surface area contributed by atoms with Gasteiger partial charge >= 0.3 is 6.18 Å². The summed E-state index contributed by atoms with van der Waals surface area (Å²) in [4.78, 5) is 48.6. The third kappa shape index (κ3) is 6.02. The zero-order valence-corrected chi connectivity index (χ0v) is 27.1. The molecular formula is C32H28ClF3N8O6. The molecule has 260 valence electrons. The van der Waals surface area contributed by atoms with Crippen LogP contribution in [0.15, 0.2) is 52.0 Å². The zero-order chi connectivity index (χ0) is 35.3. The molecule has 50 heavy (non-hydrogen) atoms. The van der Waals surface area contributed by atoms with E-state index in [-0.39, 0.29) is 72.0 Å². The number of fused-ring (bicyclic) bond motifs is 2. The van der Waals surface area contributed by atoms with Gasteiger partial charge in [-0.15, -0.1) is 5.10 Å². The van der Waals surface area contributed by atoms with Gasteiger partial charge in [-0.05, 0) is 41.8 Å². The van der Waals surface area contributed by atoms with Crippen LogP contribution in [-0.2, 0) is 41.9 Å². The van der Waals surface area contributed by atoms with Crippen molar-refractivity contribution in [2.75, 3.05) is 36.4 Å². The quantitative estimate of drug-likeness (QED) is 0.251. The normalized spacial score (nSPS) is 14.7. The Kier molecular flexibility index (Phi) is 8.47. The molecule has 2 aliphatic heterocycles. The Bertz CT molecular complexity index is 2210. The van der Waals surface area contributed by atoms with Crippen LogP contribution in [0.2, 0.25) is 5.02 Å². The van der Waals surface area contributed by atoms with E-state index in [1.165, 1.54) is 4.90 Å². The minimum Gasteiger partial charge on any atom is -0.503 e. The Morgan fingerprint density at radius 2 is 1.82 bits per heavy atom. The number of rotatable bonds is 7. The standard InChI is InChI=1S/C32H28ClF3N8O6/c1-2-23-27(41-7-9-42(10-8-41)29(47)26-24(45)16-50-40-26)30(48)44-31(38-28(39-44)17-3-4-18-14-49-15-19(18)11-17)43(23)13-25(46)37-22-6-5-20(12-21(22)33)32(34,35)36/h3-6,11-12,16,45H,2,7-10,13-15H2,1H3,(H,37,46). The molecule has 14 nitrogen and oxygen atoms in total. The topological polar surface area (TPSA) is 160 Å². The van der Waals surface area contributed by atoms with Gasteiger partial charge in [-0.25, -0.2) is 0 Å². The van der Waals surface area contributed by atoms with E-state index in [0.717, 1.165) is 40.1 Å². The zero-order valence-electron chi connectivity index (χ0n) is 26.3. The fourth-order valence-electron chi connectivity index (χ4n) is 6.15. The van der Waals surface area contributed by atoms with Crippen molar-refractivity contribution in [3.05, 3.63) is 86.1 Å². The molecule has 0 unspecified atom stereocenters. The first-order valence-electron chi connectivity index (χ1n) is 15.5. The first-order valence-corrected chi connectivity index (χ1v) is 15.9. The van der Waals surface area contributed by atoms with Crippen LogP contribution in [0, 0.1) is 0 Å². The number of hydrogen-bond acceptors (Lipinski definition) is 10. The monoisotopic (exact) mass is 712 g/mol. The van der Waals surface area contributed by atoms with Crippen molar-refractivity contribution in [1.82, 2.24) is 29.2 Å². The molecule has 2 aliphatic rings. The third-order valence-corrected chi connectivity index (χ3v) is 8.96. The van der Waals surface area contributed by atoms with Crippen LogP contribution in [0.1, 0.15) is 39.8 Å². The molecule has 1 saturated heterocycles. The van der Waals surface area contributed by atoms with Crippen LogP contribution >= 0.6 is 11.6 Å². The molecular weight excluding hydrogens is 685 g/mol. The minimum atomic E-state index is -4.62. The van der Waals surface area contributed by atoms with Crippen LogP contribution in [0.25, 0.3) is 17.2 Å². The van der Waals surface area contributed by atoms with Crippen LogP contribution in [-0.4, -0.2) is 72.3 Å². The Labute approximate surface area is 285 Å². The summed E-state index contributed by atoms with van der Waals surface area (Å²) in [5, 5.41) is 20.3. The first-order chi connectivity index (χ1) is 23.9. The summed E-state index contributed by atoms with van der Waals surface area (Å²) >= 11 is 6.11. The second-order valence-corrected chi connectivity index (χ2v) is 12.1. The maximum Gasteiger partial charge on any atom is 0.416 e. The maximum absolute atomic E-state index is 14.2. The Morgan fingerprint density at radius 3 is 2.50 bits per heavy atom. The number of hydrogen-bond donors (Lipinski definition) is 2. The molecule has 7 rings (SSSR count). The van der Waals surface area contributed by atoms with Gasteiger partial charge in [-0.2, -0.15) is 22.7 Å². The van der Waals surface area contributed by atoms with Gasteiger partial charge < -0.3 is 34.1 Å². The Morgan fingerprint density at radius 1 is 1.06 bits per heavy atom. The largest absolute Gasteiger partial charge is 0.503 e. The lowest BCUT2D eigenvalue weighted by Crippen LogP contribution is -2.51. The van der Waals surface area contributed by atoms with E-state index in [1.54, 1.807) is 16.4 Å². The molecule has 0 bridgehead atoms. The van der Waals surface area contributed by atoms with Crippen LogP contribution in [0.4, 0.5) is 24.5 Å². The number of nitrogens with zero attached hydrogens (tertiary/aromatic N) is 7. The van der Waals surface area contributed by atoms with Crippen molar-refractivity contribution in [3.8, 4) is 17.1 Å². The Balaban J connectivity index is 1.26. The number of ether oxygens (including phenoxy) is 1. The second-order valence-electron chi connectivity index (χ2n) is 11.7. The van der Waals surface area contributed by atoms with Gasteiger partial charge in [0.2, 0.25) is 17.4 Å². The summed E-state index contributed by atoms with van der Waals surface area (Å²) in [6, 6.07) is 8.22. The molecule has 2 N–H and O–H groups in total. The number of aromatic hydroxyl groups is 1. The predicted octanol–water partition coefficient (Wildman–Crippen LogP) is 4.12. The molecule has 5 aromatic rings. The highest BCUT2D eigenvalue weighted by Crippen LogP contribution is 2.34. The van der Waals surface area contributed by atoms with Gasteiger partial charge in [-0.1, -0.05) is 35.8 Å². The molecule has 2 amide bonds. The van der Waals surface area contributed by atoms with Gasteiger partial charge in [0.25, 0.3) is 11.5 Å². The van der Waals surface area contributed by atoms with Crippen molar-refractivity contribution in [1.29, 1.82) is 0 Å². The highest BCUT2D eigenvalue weighted by Gasteiger charge is 2.32. The van der Waals surface area contributed by atoms with E-state index >= 15 is 0 Å². The summed E-state index contributed by atoms with van der Waals surface area (Å²) in [5.74, 6) is -1.24. The van der Waals surface area contributed by atoms with Gasteiger partial charge in [0.15, 0.2) is 17.8 Å². The molecule has 0 spiro atoms. The van der Waals surface area contributed by atoms with Crippen molar-refractivity contribution >= 4 is 40.6 Å². The summed E-state index contributed by atoms with van der Waals surface area (Å²) in [6.07, 6.45) is -3.38. The van der Waals surface area contributed by atoms with Crippen LogP contribution in [0.5, 0.6) is 5.75 Å². The van der Waals surface area contributed by atoms with Crippen LogP contribution < -0.4 is 15.8 Å². The number of alkyl halides is 3. The number of nitrogens with one attached hydrogen (secondary N) is 1. The molecule has 0 radical (unpaired) electrons. The number of piperazine rings is 1. The summed E-state index contributed by atoms with van der Waals surface area (Å²) in [5.41, 5.74) is 1.62. The smallest absolute Gasteiger partial charge is 0.416 e. The minimum absolute atomic E-state index is 0.0264. The summed E-state index contributed by atoms with van der Waals surface area (Å²) in [6.45, 7) is 3.12. The van der Waals surface area contributed by atoms with Gasteiger partial charge in [0, 0.05) is 31.7 Å². The molecule has 0 saturated carbocycles. The van der Waals surface area contributed by atoms with Crippen LogP contribution in [0.3, 0.4) is 0 Å². The predicted molar refractivity (Wildman–Crippen MR) is 172 cm³/mol. The number of carbonyl (C=O) groups is 2. The van der Waals surface area contributed by atoms with Gasteiger partial charge in [0.05, 0.1) is 35.2 Å². The van der Waals surface area contributed by atoms with Crippen molar-refractivity contribution in [2.45, 2.75) is 39.3 Å². The lowest BCUT2D eigenvalue weighted by molar-refractivity contribution is -0.137. The third-order valence-electron chi connectivity index (χ3n) is 8.65. The van der Waals surface area contributed by atoms with E-state index in [1.807, 2.05) is 18.2 Å². The highest BCUT2D eigenvalue weighted by atomic mass is 35.5. The Hall–Kier alpha value is -5.42. The number of aromatic nitrogens is 5. The lowest BCUT2D eigenvalue weighted by atomic mass is 10.1. The number of halogens is 4. The average Bonchev–Trinajstić information content (AvgIpc) is 3.86. The fourth-order valence-corrected chi connectivity index (χ4v) is 6.38. The first kappa shape index (κ1) is 33.1. The molecule has 2 aromatic carbocycles. The molecule has 0 atom stereocenters. The molecule has 3 aromatic heterocycles. The number of benzene rings is 2. The molecule has 0 aliphatic carbocycles. The summed E-state index contributed by atoms with van der Waals surface area (Å²) < 4.78 is 52.5. The lowest BCUT2D eigenvalue weighted by Gasteiger charge is -2.36. The van der Waals surface area contributed by atoms with Gasteiger partial charge in [0.1, 0.15) is 12.2 Å². The van der Waals surface area contributed by atoms with Crippen molar-refractivity contribution in [3.63, 3.8) is 0 Å². The average molecular weight is 713 g/mol.